The van der Waals surface area contributed by atoms with E-state index in [0.29, 0.717) is 0 Å². The van der Waals surface area contributed by atoms with Crippen LogP contribution in [-0.4, -0.2) is 18.6 Å². The standard InChI is InChI=1S/C9H8ClFN4O3S/c1-4-13-9(18-14-4)15-19(16,17)8-3-7(12)6(11)2-5(8)10/h2-3H,12H2,1H3,(H,13,14,15). The summed E-state index contributed by atoms with van der Waals surface area (Å²) in [5, 5.41) is 3.11. The van der Waals surface area contributed by atoms with Crippen LogP contribution in [0.4, 0.5) is 16.1 Å². The van der Waals surface area contributed by atoms with Gasteiger partial charge < -0.3 is 10.3 Å². The summed E-state index contributed by atoms with van der Waals surface area (Å²) in [4.78, 5) is 3.29. The molecule has 0 saturated heterocycles. The predicted octanol–water partition coefficient (Wildman–Crippen LogP) is 1.55. The van der Waals surface area contributed by atoms with Crippen LogP contribution < -0.4 is 10.5 Å². The molecule has 0 spiro atoms. The molecule has 0 fully saturated rings. The van der Waals surface area contributed by atoms with E-state index in [1.807, 2.05) is 4.72 Å². The lowest BCUT2D eigenvalue weighted by atomic mass is 10.3. The van der Waals surface area contributed by atoms with Crippen LogP contribution in [-0.2, 0) is 10.0 Å². The van der Waals surface area contributed by atoms with Crippen molar-refractivity contribution in [3.8, 4) is 0 Å². The first-order valence-corrected chi connectivity index (χ1v) is 6.73. The van der Waals surface area contributed by atoms with Crippen molar-refractivity contribution in [2.75, 3.05) is 10.5 Å². The van der Waals surface area contributed by atoms with E-state index in [9.17, 15) is 12.8 Å². The van der Waals surface area contributed by atoms with E-state index in [1.54, 1.807) is 0 Å². The topological polar surface area (TPSA) is 111 Å². The molecular weight excluding hydrogens is 299 g/mol. The van der Waals surface area contributed by atoms with Crippen LogP contribution in [0.15, 0.2) is 21.6 Å². The number of nitrogen functional groups attached to an aromatic ring is 1. The van der Waals surface area contributed by atoms with Crippen molar-refractivity contribution in [3.05, 3.63) is 28.8 Å². The predicted molar refractivity (Wildman–Crippen MR) is 65.7 cm³/mol. The minimum atomic E-state index is -4.09. The number of aromatic nitrogens is 2. The van der Waals surface area contributed by atoms with Crippen LogP contribution in [0.25, 0.3) is 0 Å². The van der Waals surface area contributed by atoms with Gasteiger partial charge in [0.2, 0.25) is 0 Å². The maximum atomic E-state index is 13.1. The largest absolute Gasteiger partial charge is 0.396 e. The van der Waals surface area contributed by atoms with Gasteiger partial charge in [0.15, 0.2) is 5.82 Å². The van der Waals surface area contributed by atoms with E-state index in [0.717, 1.165) is 12.1 Å². The summed E-state index contributed by atoms with van der Waals surface area (Å²) < 4.78 is 43.7. The first kappa shape index (κ1) is 13.6. The van der Waals surface area contributed by atoms with Crippen molar-refractivity contribution >= 4 is 33.3 Å². The molecule has 10 heteroatoms. The third-order valence-corrected chi connectivity index (χ3v) is 3.87. The minimum absolute atomic E-state index is 0.252. The van der Waals surface area contributed by atoms with Crippen molar-refractivity contribution in [1.29, 1.82) is 0 Å². The van der Waals surface area contributed by atoms with E-state index in [4.69, 9.17) is 17.3 Å². The summed E-state index contributed by atoms with van der Waals surface area (Å²) in [5.41, 5.74) is 4.97. The van der Waals surface area contributed by atoms with Gasteiger partial charge in [-0.1, -0.05) is 16.8 Å². The highest BCUT2D eigenvalue weighted by Gasteiger charge is 2.22. The Labute approximate surface area is 112 Å². The second-order valence-electron chi connectivity index (χ2n) is 3.56. The minimum Gasteiger partial charge on any atom is -0.396 e. The van der Waals surface area contributed by atoms with E-state index in [-0.39, 0.29) is 27.4 Å². The molecule has 0 amide bonds. The second kappa shape index (κ2) is 4.67. The third-order valence-electron chi connectivity index (χ3n) is 2.09. The van der Waals surface area contributed by atoms with Crippen LogP contribution >= 0.6 is 11.6 Å². The number of sulfonamides is 1. The van der Waals surface area contributed by atoms with Gasteiger partial charge in [-0.2, -0.15) is 4.98 Å². The lowest BCUT2D eigenvalue weighted by Gasteiger charge is -2.07. The van der Waals surface area contributed by atoms with Gasteiger partial charge in [0, 0.05) is 0 Å². The highest BCUT2D eigenvalue weighted by atomic mass is 35.5. The number of aryl methyl sites for hydroxylation is 1. The number of nitrogens with zero attached hydrogens (tertiary/aromatic N) is 2. The number of anilines is 2. The van der Waals surface area contributed by atoms with Crippen LogP contribution in [0, 0.1) is 12.7 Å². The Morgan fingerprint density at radius 3 is 2.74 bits per heavy atom. The molecule has 2 aromatic rings. The molecule has 1 aromatic carbocycles. The molecule has 0 aliphatic heterocycles. The van der Waals surface area contributed by atoms with Gasteiger partial charge in [0.1, 0.15) is 10.7 Å². The SMILES string of the molecule is Cc1noc(NS(=O)(=O)c2cc(N)c(F)cc2Cl)n1. The van der Waals surface area contributed by atoms with Gasteiger partial charge >= 0.3 is 6.01 Å². The fourth-order valence-electron chi connectivity index (χ4n) is 1.26. The second-order valence-corrected chi connectivity index (χ2v) is 5.61. The molecule has 19 heavy (non-hydrogen) atoms. The molecule has 3 N–H and O–H groups in total. The van der Waals surface area contributed by atoms with Crippen molar-refractivity contribution < 1.29 is 17.3 Å². The molecule has 0 radical (unpaired) electrons. The van der Waals surface area contributed by atoms with Gasteiger partial charge in [-0.25, -0.2) is 17.5 Å². The monoisotopic (exact) mass is 306 g/mol. The molecule has 2 rings (SSSR count). The van der Waals surface area contributed by atoms with Crippen molar-refractivity contribution in [2.45, 2.75) is 11.8 Å². The summed E-state index contributed by atoms with van der Waals surface area (Å²) >= 11 is 5.68. The average Bonchev–Trinajstić information content (AvgIpc) is 2.68. The fraction of sp³-hybridized carbons (Fsp3) is 0.111. The van der Waals surface area contributed by atoms with Crippen LogP contribution in [0.5, 0.6) is 0 Å². The van der Waals surface area contributed by atoms with Crippen LogP contribution in [0.3, 0.4) is 0 Å². The first-order valence-electron chi connectivity index (χ1n) is 4.87. The molecular formula is C9H8ClFN4O3S. The Morgan fingerprint density at radius 2 is 2.16 bits per heavy atom. The van der Waals surface area contributed by atoms with E-state index in [2.05, 4.69) is 14.7 Å². The van der Waals surface area contributed by atoms with Gasteiger partial charge in [0.05, 0.1) is 10.7 Å². The highest BCUT2D eigenvalue weighted by molar-refractivity contribution is 7.92. The molecule has 102 valence electrons. The van der Waals surface area contributed by atoms with Crippen molar-refractivity contribution in [3.63, 3.8) is 0 Å². The highest BCUT2D eigenvalue weighted by Crippen LogP contribution is 2.27. The summed E-state index contributed by atoms with van der Waals surface area (Å²) in [5.74, 6) is -0.556. The van der Waals surface area contributed by atoms with Gasteiger partial charge in [-0.05, 0) is 19.1 Å². The molecule has 0 bridgehead atoms. The normalized spacial score (nSPS) is 11.5. The quantitative estimate of drug-likeness (QED) is 0.832. The van der Waals surface area contributed by atoms with E-state index >= 15 is 0 Å². The fourth-order valence-corrected chi connectivity index (χ4v) is 2.73. The zero-order valence-electron chi connectivity index (χ0n) is 9.52. The molecule has 1 heterocycles. The Hall–Kier alpha value is -1.87. The zero-order chi connectivity index (χ0) is 14.2. The Kier molecular flexibility index (Phi) is 3.33. The molecule has 0 atom stereocenters. The van der Waals surface area contributed by atoms with Crippen LogP contribution in [0.2, 0.25) is 5.02 Å². The summed E-state index contributed by atoms with van der Waals surface area (Å²) in [7, 11) is -4.09. The van der Waals surface area contributed by atoms with Crippen molar-refractivity contribution in [2.24, 2.45) is 0 Å². The van der Waals surface area contributed by atoms with Crippen LogP contribution in [0.1, 0.15) is 5.82 Å². The number of nitrogens with one attached hydrogen (secondary N) is 1. The number of halogens is 2. The summed E-state index contributed by atoms with van der Waals surface area (Å²) in [6.45, 7) is 1.52. The summed E-state index contributed by atoms with van der Waals surface area (Å²) in [6, 6.07) is 1.39. The number of benzene rings is 1. The van der Waals surface area contributed by atoms with Gasteiger partial charge in [-0.15, -0.1) is 0 Å². The van der Waals surface area contributed by atoms with Crippen molar-refractivity contribution in [1.82, 2.24) is 10.1 Å². The number of nitrogens with two attached hydrogens (primary N) is 1. The molecule has 7 nitrogen and oxygen atoms in total. The smallest absolute Gasteiger partial charge is 0.335 e. The molecule has 1 aromatic heterocycles. The first-order chi connectivity index (χ1) is 8.79. The van der Waals surface area contributed by atoms with Gasteiger partial charge in [-0.3, -0.25) is 0 Å². The number of rotatable bonds is 3. The molecule has 0 saturated carbocycles. The zero-order valence-corrected chi connectivity index (χ0v) is 11.1. The molecule has 0 aliphatic rings. The molecule has 0 aliphatic carbocycles. The Morgan fingerprint density at radius 1 is 1.47 bits per heavy atom. The Bertz CT molecular complexity index is 731. The lowest BCUT2D eigenvalue weighted by Crippen LogP contribution is -2.14. The van der Waals surface area contributed by atoms with Gasteiger partial charge in [0.25, 0.3) is 10.0 Å². The molecule has 0 unspecified atom stereocenters. The lowest BCUT2D eigenvalue weighted by molar-refractivity contribution is 0.429. The number of hydrogen-bond donors (Lipinski definition) is 2. The maximum Gasteiger partial charge on any atom is 0.335 e. The third kappa shape index (κ3) is 2.76. The maximum absolute atomic E-state index is 13.1. The van der Waals surface area contributed by atoms with E-state index in [1.165, 1.54) is 6.92 Å². The van der Waals surface area contributed by atoms with E-state index < -0.39 is 15.8 Å². The summed E-state index contributed by atoms with van der Waals surface area (Å²) in [6.07, 6.45) is 0. The number of hydrogen-bond acceptors (Lipinski definition) is 6. The average molecular weight is 307 g/mol. The Balaban J connectivity index is 2.42.